The molecule has 0 spiro atoms. The second-order valence-corrected chi connectivity index (χ2v) is 5.82. The highest BCUT2D eigenvalue weighted by Crippen LogP contribution is 2.32. The molecule has 0 radical (unpaired) electrons. The van der Waals surface area contributed by atoms with Crippen LogP contribution in [0, 0.1) is 24.0 Å². The first-order chi connectivity index (χ1) is 12.4. The average molecular weight is 372 g/mol. The molecule has 3 aromatic rings. The van der Waals surface area contributed by atoms with Crippen LogP contribution in [0.4, 0.5) is 17.2 Å². The van der Waals surface area contributed by atoms with Crippen molar-refractivity contribution in [3.8, 4) is 11.5 Å². The summed E-state index contributed by atoms with van der Waals surface area (Å²) in [6, 6.07) is 8.96. The SMILES string of the molecule is Cc1ccc(Oc2ccc(Nc3ncnc(Cl)c3[N+](=O)[O-])cc2C)cn1. The Labute approximate surface area is 154 Å². The minimum absolute atomic E-state index is 0.0193. The number of nitrogens with zero attached hydrogens (tertiary/aromatic N) is 4. The minimum atomic E-state index is -0.626. The Morgan fingerprint density at radius 1 is 1.15 bits per heavy atom. The molecular weight excluding hydrogens is 358 g/mol. The molecule has 0 aliphatic heterocycles. The zero-order valence-electron chi connectivity index (χ0n) is 13.9. The topological polar surface area (TPSA) is 103 Å². The maximum atomic E-state index is 11.2. The molecule has 26 heavy (non-hydrogen) atoms. The summed E-state index contributed by atoms with van der Waals surface area (Å²) in [7, 11) is 0. The number of hydrogen-bond donors (Lipinski definition) is 1. The average Bonchev–Trinajstić information content (AvgIpc) is 2.59. The van der Waals surface area contributed by atoms with Gasteiger partial charge in [0.1, 0.15) is 17.8 Å². The molecule has 0 fully saturated rings. The van der Waals surface area contributed by atoms with E-state index in [0.717, 1.165) is 17.6 Å². The lowest BCUT2D eigenvalue weighted by molar-refractivity contribution is -0.384. The molecule has 0 atom stereocenters. The number of rotatable bonds is 5. The second-order valence-electron chi connectivity index (χ2n) is 5.46. The van der Waals surface area contributed by atoms with Crippen LogP contribution in [-0.2, 0) is 0 Å². The lowest BCUT2D eigenvalue weighted by Crippen LogP contribution is -2.02. The van der Waals surface area contributed by atoms with E-state index in [-0.39, 0.29) is 16.7 Å². The molecule has 8 nitrogen and oxygen atoms in total. The zero-order chi connectivity index (χ0) is 18.7. The first-order valence-corrected chi connectivity index (χ1v) is 7.95. The maximum Gasteiger partial charge on any atom is 0.348 e. The molecular formula is C17H14ClN5O3. The van der Waals surface area contributed by atoms with Crippen LogP contribution in [-0.4, -0.2) is 19.9 Å². The quantitative estimate of drug-likeness (QED) is 0.397. The van der Waals surface area contributed by atoms with Crippen molar-refractivity contribution < 1.29 is 9.66 Å². The van der Waals surface area contributed by atoms with Gasteiger partial charge in [-0.05, 0) is 49.7 Å². The van der Waals surface area contributed by atoms with Crippen molar-refractivity contribution in [3.63, 3.8) is 0 Å². The lowest BCUT2D eigenvalue weighted by atomic mass is 10.2. The standard InChI is InChI=1S/C17H14ClN5O3/c1-10-7-12(22-17-15(23(24)25)16(18)20-9-21-17)4-6-14(10)26-13-5-3-11(2)19-8-13/h3-9H,1-2H3,(H,20,21,22). The number of nitrogens with one attached hydrogen (secondary N) is 1. The van der Waals surface area contributed by atoms with Crippen LogP contribution in [0.25, 0.3) is 0 Å². The van der Waals surface area contributed by atoms with Gasteiger partial charge in [-0.15, -0.1) is 0 Å². The fraction of sp³-hybridized carbons (Fsp3) is 0.118. The van der Waals surface area contributed by atoms with Gasteiger partial charge in [0.25, 0.3) is 0 Å². The van der Waals surface area contributed by atoms with E-state index < -0.39 is 4.92 Å². The summed E-state index contributed by atoms with van der Waals surface area (Å²) in [6.45, 7) is 3.76. The van der Waals surface area contributed by atoms with Gasteiger partial charge in [-0.25, -0.2) is 9.97 Å². The molecule has 0 unspecified atom stereocenters. The molecule has 0 bridgehead atoms. The Bertz CT molecular complexity index is 963. The Morgan fingerprint density at radius 3 is 2.62 bits per heavy atom. The third-order valence-electron chi connectivity index (χ3n) is 3.51. The van der Waals surface area contributed by atoms with E-state index in [1.165, 1.54) is 0 Å². The van der Waals surface area contributed by atoms with E-state index in [1.54, 1.807) is 24.4 Å². The van der Waals surface area contributed by atoms with E-state index >= 15 is 0 Å². The number of nitro groups is 1. The number of anilines is 2. The summed E-state index contributed by atoms with van der Waals surface area (Å²) >= 11 is 5.79. The molecule has 3 rings (SSSR count). The Kier molecular flexibility index (Phi) is 4.94. The highest BCUT2D eigenvalue weighted by atomic mass is 35.5. The highest BCUT2D eigenvalue weighted by Gasteiger charge is 2.21. The third kappa shape index (κ3) is 3.86. The fourth-order valence-corrected chi connectivity index (χ4v) is 2.43. The lowest BCUT2D eigenvalue weighted by Gasteiger charge is -2.11. The van der Waals surface area contributed by atoms with Crippen molar-refractivity contribution in [2.75, 3.05) is 5.32 Å². The predicted octanol–water partition coefficient (Wildman–Crippen LogP) is 4.59. The van der Waals surface area contributed by atoms with E-state index in [2.05, 4.69) is 20.3 Å². The van der Waals surface area contributed by atoms with Crippen molar-refractivity contribution in [1.82, 2.24) is 15.0 Å². The summed E-state index contributed by atoms with van der Waals surface area (Å²) in [5, 5.41) is 13.8. The molecule has 2 heterocycles. The van der Waals surface area contributed by atoms with Crippen molar-refractivity contribution >= 4 is 28.8 Å². The van der Waals surface area contributed by atoms with Crippen molar-refractivity contribution in [3.05, 3.63) is 69.4 Å². The number of benzene rings is 1. The van der Waals surface area contributed by atoms with Gasteiger partial charge in [0.05, 0.1) is 11.1 Å². The van der Waals surface area contributed by atoms with Crippen LogP contribution in [0.3, 0.4) is 0 Å². The van der Waals surface area contributed by atoms with Gasteiger partial charge in [-0.1, -0.05) is 11.6 Å². The molecule has 0 amide bonds. The van der Waals surface area contributed by atoms with E-state index in [4.69, 9.17) is 16.3 Å². The van der Waals surface area contributed by atoms with Crippen LogP contribution in [0.5, 0.6) is 11.5 Å². The third-order valence-corrected chi connectivity index (χ3v) is 3.79. The number of ether oxygens (including phenoxy) is 1. The number of halogens is 1. The van der Waals surface area contributed by atoms with Gasteiger partial charge < -0.3 is 10.1 Å². The van der Waals surface area contributed by atoms with Crippen molar-refractivity contribution in [2.45, 2.75) is 13.8 Å². The molecule has 0 saturated carbocycles. The number of pyridine rings is 1. The largest absolute Gasteiger partial charge is 0.455 e. The van der Waals surface area contributed by atoms with Crippen molar-refractivity contribution in [1.29, 1.82) is 0 Å². The normalized spacial score (nSPS) is 10.4. The molecule has 0 aliphatic rings. The van der Waals surface area contributed by atoms with E-state index in [0.29, 0.717) is 17.2 Å². The minimum Gasteiger partial charge on any atom is -0.455 e. The summed E-state index contributed by atoms with van der Waals surface area (Å²) < 4.78 is 5.81. The van der Waals surface area contributed by atoms with Crippen LogP contribution < -0.4 is 10.1 Å². The Morgan fingerprint density at radius 2 is 1.96 bits per heavy atom. The van der Waals surface area contributed by atoms with E-state index in [9.17, 15) is 10.1 Å². The van der Waals surface area contributed by atoms with Gasteiger partial charge in [0.15, 0.2) is 0 Å². The van der Waals surface area contributed by atoms with Gasteiger partial charge >= 0.3 is 5.69 Å². The molecule has 0 saturated heterocycles. The number of hydrogen-bond acceptors (Lipinski definition) is 7. The molecule has 9 heteroatoms. The molecule has 0 aliphatic carbocycles. The molecule has 2 aromatic heterocycles. The second kappa shape index (κ2) is 7.32. The van der Waals surface area contributed by atoms with Crippen molar-refractivity contribution in [2.24, 2.45) is 0 Å². The first kappa shape index (κ1) is 17.6. The summed E-state index contributed by atoms with van der Waals surface area (Å²) in [5.74, 6) is 1.29. The Hall–Kier alpha value is -3.26. The maximum absolute atomic E-state index is 11.2. The highest BCUT2D eigenvalue weighted by molar-refractivity contribution is 6.31. The van der Waals surface area contributed by atoms with E-state index in [1.807, 2.05) is 26.0 Å². The number of aryl methyl sites for hydroxylation is 2. The predicted molar refractivity (Wildman–Crippen MR) is 97.2 cm³/mol. The Balaban J connectivity index is 1.83. The van der Waals surface area contributed by atoms with Gasteiger partial charge in [0.2, 0.25) is 11.0 Å². The van der Waals surface area contributed by atoms with Gasteiger partial charge in [-0.3, -0.25) is 15.1 Å². The first-order valence-electron chi connectivity index (χ1n) is 7.57. The molecule has 132 valence electrons. The van der Waals surface area contributed by atoms with Gasteiger partial charge in [0, 0.05) is 11.4 Å². The number of aromatic nitrogens is 3. The summed E-state index contributed by atoms with van der Waals surface area (Å²) in [4.78, 5) is 22.2. The van der Waals surface area contributed by atoms with Crippen LogP contribution >= 0.6 is 11.6 Å². The molecule has 1 N–H and O–H groups in total. The van der Waals surface area contributed by atoms with Crippen LogP contribution in [0.1, 0.15) is 11.3 Å². The zero-order valence-corrected chi connectivity index (χ0v) is 14.7. The van der Waals surface area contributed by atoms with Gasteiger partial charge in [-0.2, -0.15) is 0 Å². The summed E-state index contributed by atoms with van der Waals surface area (Å²) in [6.07, 6.45) is 2.81. The van der Waals surface area contributed by atoms with Crippen LogP contribution in [0.15, 0.2) is 42.9 Å². The summed E-state index contributed by atoms with van der Waals surface area (Å²) in [5.41, 5.74) is 1.96. The van der Waals surface area contributed by atoms with Crippen LogP contribution in [0.2, 0.25) is 5.15 Å². The smallest absolute Gasteiger partial charge is 0.348 e. The fourth-order valence-electron chi connectivity index (χ4n) is 2.23. The monoisotopic (exact) mass is 371 g/mol. The molecule has 1 aromatic carbocycles.